The highest BCUT2D eigenvalue weighted by atomic mass is 16.5. The Kier molecular flexibility index (Phi) is 8.26. The van der Waals surface area contributed by atoms with E-state index in [2.05, 4.69) is 31.1 Å². The average Bonchev–Trinajstić information content (AvgIpc) is 3.47. The highest BCUT2D eigenvalue weighted by molar-refractivity contribution is 6.02. The number of carbonyl (C=O) groups is 2. The quantitative estimate of drug-likeness (QED) is 0.282. The van der Waals surface area contributed by atoms with Crippen LogP contribution in [-0.2, 0) is 0 Å². The summed E-state index contributed by atoms with van der Waals surface area (Å²) in [4.78, 5) is 30.5. The minimum Gasteiger partial charge on any atom is -0.493 e. The van der Waals surface area contributed by atoms with Crippen LogP contribution in [0.2, 0.25) is 0 Å². The Morgan fingerprint density at radius 2 is 1.34 bits per heavy atom. The van der Waals surface area contributed by atoms with Crippen molar-refractivity contribution in [2.24, 2.45) is 5.41 Å². The number of nitrogens with one attached hydrogen (secondary N) is 2. The lowest BCUT2D eigenvalue weighted by atomic mass is 9.90. The highest BCUT2D eigenvalue weighted by Gasteiger charge is 2.42. The van der Waals surface area contributed by atoms with E-state index in [4.69, 9.17) is 18.9 Å². The van der Waals surface area contributed by atoms with Gasteiger partial charge in [0.1, 0.15) is 0 Å². The molecule has 10 heteroatoms. The number of methoxy groups -OCH3 is 2. The molecule has 0 radical (unpaired) electrons. The van der Waals surface area contributed by atoms with Crippen LogP contribution in [0.25, 0.3) is 0 Å². The highest BCUT2D eigenvalue weighted by Crippen LogP contribution is 2.41. The van der Waals surface area contributed by atoms with Gasteiger partial charge in [-0.3, -0.25) is 9.59 Å². The predicted molar refractivity (Wildman–Crippen MR) is 170 cm³/mol. The Balaban J connectivity index is 1.01. The van der Waals surface area contributed by atoms with E-state index in [0.29, 0.717) is 60.4 Å². The summed E-state index contributed by atoms with van der Waals surface area (Å²) in [7, 11) is 3.19. The number of nitrogens with zero attached hydrogens (tertiary/aromatic N) is 2. The maximum absolute atomic E-state index is 13.4. The van der Waals surface area contributed by atoms with Crippen molar-refractivity contribution in [1.29, 1.82) is 0 Å². The number of benzene rings is 2. The van der Waals surface area contributed by atoms with Gasteiger partial charge in [0, 0.05) is 44.4 Å². The summed E-state index contributed by atoms with van der Waals surface area (Å²) >= 11 is 0. The van der Waals surface area contributed by atoms with Crippen molar-refractivity contribution >= 4 is 23.2 Å². The molecule has 0 aromatic heterocycles. The molecular weight excluding hydrogens is 560 g/mol. The summed E-state index contributed by atoms with van der Waals surface area (Å²) in [5.74, 6) is 2.40. The fourth-order valence-corrected chi connectivity index (χ4v) is 6.94. The van der Waals surface area contributed by atoms with Crippen molar-refractivity contribution in [3.05, 3.63) is 47.5 Å². The third kappa shape index (κ3) is 5.86. The molecule has 6 rings (SSSR count). The summed E-state index contributed by atoms with van der Waals surface area (Å²) in [5.41, 5.74) is 4.00. The first-order chi connectivity index (χ1) is 21.2. The zero-order chi connectivity index (χ0) is 31.0. The van der Waals surface area contributed by atoms with Crippen LogP contribution >= 0.6 is 0 Å². The molecule has 44 heavy (non-hydrogen) atoms. The van der Waals surface area contributed by atoms with Crippen LogP contribution in [0.4, 0.5) is 11.4 Å². The second-order valence-corrected chi connectivity index (χ2v) is 13.1. The summed E-state index contributed by atoms with van der Waals surface area (Å²) in [6.45, 7) is 12.3. The Morgan fingerprint density at radius 1 is 0.795 bits per heavy atom. The maximum Gasteiger partial charge on any atom is 0.256 e. The topological polar surface area (TPSA) is 102 Å². The number of carbonyl (C=O) groups excluding carboxylic acids is 2. The average molecular weight is 605 g/mol. The van der Waals surface area contributed by atoms with E-state index in [0.717, 1.165) is 62.1 Å². The molecular formula is C34H44N4O6. The summed E-state index contributed by atoms with van der Waals surface area (Å²) in [6, 6.07) is 7.66. The molecule has 0 spiro atoms. The third-order valence-electron chi connectivity index (χ3n) is 9.14. The molecule has 10 nitrogen and oxygen atoms in total. The number of unbranched alkanes of at least 4 members (excludes halogenated alkanes) is 2. The van der Waals surface area contributed by atoms with Crippen molar-refractivity contribution in [1.82, 2.24) is 9.80 Å². The Bertz CT molecular complexity index is 1460. The number of hydrogen-bond acceptors (Lipinski definition) is 8. The molecule has 0 bridgehead atoms. The SMILES string of the molecule is C=C1C[C@H]2CNc3cc(OCCCCCOc4cc5c(cc4OC)C(=O)N4CC(C)(C)C[C@H]4CN5)c(OC)cc3C(=O)N2C1. The predicted octanol–water partition coefficient (Wildman–Crippen LogP) is 5.19. The zero-order valence-electron chi connectivity index (χ0n) is 26.3. The smallest absolute Gasteiger partial charge is 0.256 e. The lowest BCUT2D eigenvalue weighted by molar-refractivity contribution is 0.0735. The fourth-order valence-electron chi connectivity index (χ4n) is 6.94. The molecule has 2 aromatic carbocycles. The van der Waals surface area contributed by atoms with Crippen molar-refractivity contribution < 1.29 is 28.5 Å². The van der Waals surface area contributed by atoms with E-state index >= 15 is 0 Å². The van der Waals surface area contributed by atoms with Gasteiger partial charge in [-0.15, -0.1) is 0 Å². The third-order valence-corrected chi connectivity index (χ3v) is 9.14. The number of amides is 2. The monoisotopic (exact) mass is 604 g/mol. The van der Waals surface area contributed by atoms with Gasteiger partial charge in [-0.2, -0.15) is 0 Å². The first kappa shape index (κ1) is 30.0. The van der Waals surface area contributed by atoms with Gasteiger partial charge >= 0.3 is 0 Å². The minimum absolute atomic E-state index is 0.00336. The molecule has 2 amide bonds. The molecule has 4 aliphatic rings. The van der Waals surface area contributed by atoms with Gasteiger partial charge in [0.15, 0.2) is 23.0 Å². The molecule has 4 aliphatic heterocycles. The molecule has 236 valence electrons. The molecule has 2 aromatic rings. The zero-order valence-corrected chi connectivity index (χ0v) is 26.3. The molecule has 4 heterocycles. The summed E-state index contributed by atoms with van der Waals surface area (Å²) in [5, 5.41) is 6.91. The van der Waals surface area contributed by atoms with E-state index < -0.39 is 0 Å². The molecule has 2 N–H and O–H groups in total. The Morgan fingerprint density at radius 3 is 1.91 bits per heavy atom. The minimum atomic E-state index is -0.00336. The second-order valence-electron chi connectivity index (χ2n) is 13.1. The van der Waals surface area contributed by atoms with E-state index in [1.54, 1.807) is 26.4 Å². The van der Waals surface area contributed by atoms with E-state index in [1.165, 1.54) is 0 Å². The molecule has 2 fully saturated rings. The number of anilines is 2. The largest absolute Gasteiger partial charge is 0.493 e. The van der Waals surface area contributed by atoms with Crippen LogP contribution in [0.15, 0.2) is 36.4 Å². The van der Waals surface area contributed by atoms with Gasteiger partial charge in [-0.25, -0.2) is 0 Å². The lowest BCUT2D eigenvalue weighted by Crippen LogP contribution is -2.37. The normalized spacial score (nSPS) is 21.7. The maximum atomic E-state index is 13.4. The van der Waals surface area contributed by atoms with Gasteiger partial charge < -0.3 is 39.4 Å². The second kappa shape index (κ2) is 12.1. The van der Waals surface area contributed by atoms with Crippen LogP contribution in [0.1, 0.15) is 66.7 Å². The molecule has 0 aliphatic carbocycles. The lowest BCUT2D eigenvalue weighted by Gasteiger charge is -2.22. The van der Waals surface area contributed by atoms with Crippen LogP contribution < -0.4 is 29.6 Å². The molecule has 0 unspecified atom stereocenters. The van der Waals surface area contributed by atoms with E-state index in [-0.39, 0.29) is 29.3 Å². The molecule has 0 saturated carbocycles. The Labute approximate surface area is 259 Å². The number of fused-ring (bicyclic) bond motifs is 4. The van der Waals surface area contributed by atoms with Crippen molar-refractivity contribution in [3.8, 4) is 23.0 Å². The van der Waals surface area contributed by atoms with Crippen molar-refractivity contribution in [2.45, 2.75) is 58.0 Å². The fraction of sp³-hybridized carbons (Fsp3) is 0.529. The van der Waals surface area contributed by atoms with E-state index in [9.17, 15) is 9.59 Å². The van der Waals surface area contributed by atoms with Crippen molar-refractivity contribution in [2.75, 3.05) is 64.2 Å². The Hall–Kier alpha value is -4.08. The van der Waals surface area contributed by atoms with E-state index in [1.807, 2.05) is 21.9 Å². The first-order valence-electron chi connectivity index (χ1n) is 15.6. The van der Waals surface area contributed by atoms with Gasteiger partial charge in [0.2, 0.25) is 0 Å². The van der Waals surface area contributed by atoms with Gasteiger partial charge in [0.25, 0.3) is 11.8 Å². The van der Waals surface area contributed by atoms with Crippen LogP contribution in [0, 0.1) is 5.41 Å². The number of hydrogen-bond donors (Lipinski definition) is 2. The van der Waals surface area contributed by atoms with Crippen LogP contribution in [-0.4, -0.2) is 87.3 Å². The van der Waals surface area contributed by atoms with Gasteiger partial charge in [-0.1, -0.05) is 26.0 Å². The van der Waals surface area contributed by atoms with Crippen molar-refractivity contribution in [3.63, 3.8) is 0 Å². The number of rotatable bonds is 10. The standard InChI is InChI=1S/C34H44N4O6/c1-21-11-22-17-35-26-14-30(28(41-4)12-24(26)32(39)37(22)19-21)43-9-7-6-8-10-44-31-15-27-25(13-29(31)42-5)33(40)38-20-34(2,3)16-23(38)18-36-27/h12-15,22-23,35-36H,1,6-11,16-20H2,2-5H3/t22-,23-/m0/s1. The summed E-state index contributed by atoms with van der Waals surface area (Å²) < 4.78 is 23.4. The van der Waals surface area contributed by atoms with Crippen LogP contribution in [0.3, 0.4) is 0 Å². The van der Waals surface area contributed by atoms with Crippen LogP contribution in [0.5, 0.6) is 23.0 Å². The first-order valence-corrected chi connectivity index (χ1v) is 15.6. The molecule has 2 atom stereocenters. The van der Waals surface area contributed by atoms with Gasteiger partial charge in [0.05, 0.1) is 56.0 Å². The number of ether oxygens (including phenoxy) is 4. The molecule has 2 saturated heterocycles. The van der Waals surface area contributed by atoms with Gasteiger partial charge in [-0.05, 0) is 49.7 Å². The summed E-state index contributed by atoms with van der Waals surface area (Å²) in [6.07, 6.45) is 4.38.